The van der Waals surface area contributed by atoms with Gasteiger partial charge in [-0.1, -0.05) is 31.7 Å². The summed E-state index contributed by atoms with van der Waals surface area (Å²) in [6, 6.07) is 3.87. The van der Waals surface area contributed by atoms with Crippen LogP contribution in [0, 0.1) is 5.92 Å². The highest BCUT2D eigenvalue weighted by atomic mass is 32.2. The van der Waals surface area contributed by atoms with Crippen LogP contribution < -0.4 is 17.0 Å². The van der Waals surface area contributed by atoms with Gasteiger partial charge >= 0.3 is 5.69 Å². The van der Waals surface area contributed by atoms with Crippen molar-refractivity contribution in [2.75, 3.05) is 11.5 Å². The van der Waals surface area contributed by atoms with E-state index in [1.54, 1.807) is 15.9 Å². The lowest BCUT2D eigenvalue weighted by Gasteiger charge is -2.16. The SMILES string of the molecule is CC(C)Cn1c(N)c(C(=O)CSc2nnc(-c3cccs3)n2C)c(=O)n(C)c1=O. The molecule has 11 heteroatoms. The average molecular weight is 435 g/mol. The predicted octanol–water partition coefficient (Wildman–Crippen LogP) is 1.62. The Morgan fingerprint density at radius 1 is 1.24 bits per heavy atom. The fraction of sp³-hybridized carbons (Fsp3) is 0.389. The highest BCUT2D eigenvalue weighted by Crippen LogP contribution is 2.26. The monoisotopic (exact) mass is 434 g/mol. The summed E-state index contributed by atoms with van der Waals surface area (Å²) in [7, 11) is 3.17. The molecule has 0 saturated heterocycles. The quantitative estimate of drug-likeness (QED) is 0.443. The fourth-order valence-corrected chi connectivity index (χ4v) is 4.38. The number of hydrogen-bond acceptors (Lipinski definition) is 8. The van der Waals surface area contributed by atoms with Crippen LogP contribution in [0.15, 0.2) is 32.3 Å². The van der Waals surface area contributed by atoms with Crippen molar-refractivity contribution < 1.29 is 4.79 Å². The van der Waals surface area contributed by atoms with E-state index in [1.165, 1.54) is 23.4 Å². The standard InChI is InChI=1S/C18H22N6O3S2/c1-10(2)8-24-14(19)13(16(26)23(4)18(24)27)11(25)9-29-17-21-20-15(22(17)3)12-6-5-7-28-12/h5-7,10H,8-9,19H2,1-4H3. The van der Waals surface area contributed by atoms with Crippen LogP contribution in [0.5, 0.6) is 0 Å². The smallest absolute Gasteiger partial charge is 0.332 e. The lowest BCUT2D eigenvalue weighted by Crippen LogP contribution is -2.43. The Labute approximate surface area is 175 Å². The number of carbonyl (C=O) groups is 1. The minimum Gasteiger partial charge on any atom is -0.384 e. The zero-order valence-corrected chi connectivity index (χ0v) is 18.2. The number of hydrogen-bond donors (Lipinski definition) is 1. The number of carbonyl (C=O) groups excluding carboxylic acids is 1. The first-order chi connectivity index (χ1) is 13.7. The van der Waals surface area contributed by atoms with Crippen LogP contribution in [-0.2, 0) is 20.6 Å². The summed E-state index contributed by atoms with van der Waals surface area (Å²) in [4.78, 5) is 38.7. The van der Waals surface area contributed by atoms with Gasteiger partial charge in [-0.05, 0) is 17.4 Å². The van der Waals surface area contributed by atoms with Crippen molar-refractivity contribution >= 4 is 34.7 Å². The summed E-state index contributed by atoms with van der Waals surface area (Å²) < 4.78 is 4.00. The zero-order chi connectivity index (χ0) is 21.3. The first-order valence-corrected chi connectivity index (χ1v) is 10.8. The van der Waals surface area contributed by atoms with E-state index in [0.717, 1.165) is 9.44 Å². The number of Topliss-reactive ketones (excluding diaryl/α,β-unsaturated/α-hetero) is 1. The van der Waals surface area contributed by atoms with Gasteiger partial charge < -0.3 is 10.3 Å². The Morgan fingerprint density at radius 3 is 2.59 bits per heavy atom. The van der Waals surface area contributed by atoms with Gasteiger partial charge in [-0.2, -0.15) is 0 Å². The molecule has 3 aromatic heterocycles. The van der Waals surface area contributed by atoms with E-state index in [1.807, 2.05) is 38.4 Å². The van der Waals surface area contributed by atoms with Gasteiger partial charge in [0.2, 0.25) is 0 Å². The van der Waals surface area contributed by atoms with Crippen LogP contribution in [-0.4, -0.2) is 35.4 Å². The topological polar surface area (TPSA) is 118 Å². The molecule has 0 radical (unpaired) electrons. The lowest BCUT2D eigenvalue weighted by atomic mass is 10.2. The van der Waals surface area contributed by atoms with Crippen LogP contribution in [0.1, 0.15) is 24.2 Å². The largest absolute Gasteiger partial charge is 0.384 e. The van der Waals surface area contributed by atoms with E-state index >= 15 is 0 Å². The van der Waals surface area contributed by atoms with Crippen LogP contribution in [0.3, 0.4) is 0 Å². The molecule has 0 amide bonds. The molecule has 0 atom stereocenters. The second kappa shape index (κ2) is 8.37. The third-order valence-corrected chi connectivity index (χ3v) is 6.20. The molecule has 0 aromatic carbocycles. The lowest BCUT2D eigenvalue weighted by molar-refractivity contribution is 0.102. The van der Waals surface area contributed by atoms with Gasteiger partial charge in [-0.3, -0.25) is 18.7 Å². The molecular weight excluding hydrogens is 412 g/mol. The Hall–Kier alpha value is -2.66. The summed E-state index contributed by atoms with van der Waals surface area (Å²) in [5.74, 6) is 0.242. The van der Waals surface area contributed by atoms with Gasteiger partial charge in [0, 0.05) is 20.6 Å². The molecule has 154 valence electrons. The number of anilines is 1. The maximum Gasteiger partial charge on any atom is 0.332 e. The molecule has 9 nitrogen and oxygen atoms in total. The third-order valence-electron chi connectivity index (χ3n) is 4.32. The molecule has 0 fully saturated rings. The Kier molecular flexibility index (Phi) is 6.08. The molecule has 0 bridgehead atoms. The average Bonchev–Trinajstić information content (AvgIpc) is 3.31. The van der Waals surface area contributed by atoms with Gasteiger partial charge in [-0.25, -0.2) is 4.79 Å². The number of aromatic nitrogens is 5. The first kappa shape index (κ1) is 21.1. The molecule has 3 heterocycles. The van der Waals surface area contributed by atoms with Crippen molar-refractivity contribution in [1.29, 1.82) is 0 Å². The van der Waals surface area contributed by atoms with Gasteiger partial charge in [0.05, 0.1) is 10.6 Å². The van der Waals surface area contributed by atoms with Crippen molar-refractivity contribution in [1.82, 2.24) is 23.9 Å². The molecular formula is C18H22N6O3S2. The summed E-state index contributed by atoms with van der Waals surface area (Å²) in [5, 5.41) is 10.8. The molecule has 0 aliphatic heterocycles. The molecule has 3 aromatic rings. The van der Waals surface area contributed by atoms with Crippen LogP contribution in [0.25, 0.3) is 10.7 Å². The molecule has 0 aliphatic carbocycles. The van der Waals surface area contributed by atoms with Crippen molar-refractivity contribution in [2.45, 2.75) is 25.5 Å². The van der Waals surface area contributed by atoms with Gasteiger partial charge in [0.15, 0.2) is 16.8 Å². The third kappa shape index (κ3) is 4.06. The highest BCUT2D eigenvalue weighted by Gasteiger charge is 2.23. The summed E-state index contributed by atoms with van der Waals surface area (Å²) >= 11 is 2.71. The maximum absolute atomic E-state index is 12.8. The van der Waals surface area contributed by atoms with E-state index in [-0.39, 0.29) is 23.1 Å². The first-order valence-electron chi connectivity index (χ1n) is 8.91. The number of thioether (sulfide) groups is 1. The van der Waals surface area contributed by atoms with Crippen LogP contribution in [0.4, 0.5) is 5.82 Å². The van der Waals surface area contributed by atoms with E-state index in [9.17, 15) is 14.4 Å². The number of nitrogens with zero attached hydrogens (tertiary/aromatic N) is 5. The van der Waals surface area contributed by atoms with E-state index in [2.05, 4.69) is 10.2 Å². The molecule has 0 aliphatic rings. The number of nitrogen functional groups attached to an aromatic ring is 1. The number of thiophene rings is 1. The molecule has 3 rings (SSSR count). The summed E-state index contributed by atoms with van der Waals surface area (Å²) in [5.41, 5.74) is 4.68. The Morgan fingerprint density at radius 2 is 1.97 bits per heavy atom. The summed E-state index contributed by atoms with van der Waals surface area (Å²) in [6.45, 7) is 4.17. The molecule has 29 heavy (non-hydrogen) atoms. The minimum atomic E-state index is -0.685. The zero-order valence-electron chi connectivity index (χ0n) is 16.6. The van der Waals surface area contributed by atoms with Crippen LogP contribution >= 0.6 is 23.1 Å². The second-order valence-corrected chi connectivity index (χ2v) is 8.86. The normalized spacial score (nSPS) is 11.3. The Bertz CT molecular complexity index is 1160. The van der Waals surface area contributed by atoms with E-state index in [4.69, 9.17) is 5.73 Å². The van der Waals surface area contributed by atoms with Crippen molar-refractivity contribution in [3.05, 3.63) is 43.9 Å². The maximum atomic E-state index is 12.8. The fourth-order valence-electron chi connectivity index (χ4n) is 2.85. The van der Waals surface area contributed by atoms with Gasteiger partial charge in [0.25, 0.3) is 5.56 Å². The predicted molar refractivity (Wildman–Crippen MR) is 115 cm³/mol. The second-order valence-electron chi connectivity index (χ2n) is 6.97. The molecule has 0 saturated carbocycles. The minimum absolute atomic E-state index is 0.0459. The Balaban J connectivity index is 1.88. The molecule has 0 unspecified atom stereocenters. The number of nitrogens with two attached hydrogens (primary N) is 1. The van der Waals surface area contributed by atoms with Crippen molar-refractivity contribution in [3.63, 3.8) is 0 Å². The van der Waals surface area contributed by atoms with E-state index < -0.39 is 17.0 Å². The molecule has 0 spiro atoms. The molecule has 2 N–H and O–H groups in total. The van der Waals surface area contributed by atoms with Crippen molar-refractivity contribution in [3.8, 4) is 10.7 Å². The number of ketones is 1. The van der Waals surface area contributed by atoms with Gasteiger partial charge in [-0.15, -0.1) is 21.5 Å². The summed E-state index contributed by atoms with van der Waals surface area (Å²) in [6.07, 6.45) is 0. The van der Waals surface area contributed by atoms with Crippen molar-refractivity contribution in [2.24, 2.45) is 20.0 Å². The highest BCUT2D eigenvalue weighted by molar-refractivity contribution is 7.99. The van der Waals surface area contributed by atoms with Crippen LogP contribution in [0.2, 0.25) is 0 Å². The van der Waals surface area contributed by atoms with E-state index in [0.29, 0.717) is 17.5 Å². The van der Waals surface area contributed by atoms with Gasteiger partial charge in [0.1, 0.15) is 11.4 Å². The number of rotatable bonds is 7.